The Hall–Kier alpha value is -1.31. The van der Waals surface area contributed by atoms with Crippen LogP contribution in [0.2, 0.25) is 0 Å². The molecule has 0 aromatic heterocycles. The lowest BCUT2D eigenvalue weighted by Crippen LogP contribution is -2.25. The summed E-state index contributed by atoms with van der Waals surface area (Å²) in [7, 11) is 0. The topological polar surface area (TPSA) is 26.3 Å². The number of hydrogen-bond acceptors (Lipinski definition) is 2. The Morgan fingerprint density at radius 2 is 1.75 bits per heavy atom. The van der Waals surface area contributed by atoms with E-state index in [-0.39, 0.29) is 16.6 Å². The first-order valence-corrected chi connectivity index (χ1v) is 7.35. The normalized spacial score (nSPS) is 12.3. The molecule has 112 valence electrons. The monoisotopic (exact) mass is 276 g/mol. The van der Waals surface area contributed by atoms with Crippen molar-refractivity contribution in [3.05, 3.63) is 29.3 Å². The summed E-state index contributed by atoms with van der Waals surface area (Å²) in [6.07, 6.45) is 1.06. The molecule has 1 aromatic rings. The average molecular weight is 276 g/mol. The van der Waals surface area contributed by atoms with E-state index in [0.717, 1.165) is 6.42 Å². The van der Waals surface area contributed by atoms with Gasteiger partial charge in [-0.2, -0.15) is 0 Å². The van der Waals surface area contributed by atoms with E-state index < -0.39 is 0 Å². The quantitative estimate of drug-likeness (QED) is 0.707. The van der Waals surface area contributed by atoms with Gasteiger partial charge in [0.25, 0.3) is 0 Å². The minimum absolute atomic E-state index is 0.0349. The second-order valence-electron chi connectivity index (χ2n) is 7.32. The summed E-state index contributed by atoms with van der Waals surface area (Å²) in [6.45, 7) is 15.3. The van der Waals surface area contributed by atoms with Gasteiger partial charge in [0.15, 0.2) is 5.78 Å². The molecule has 0 aliphatic heterocycles. The van der Waals surface area contributed by atoms with Gasteiger partial charge in [-0.15, -0.1) is 0 Å². The van der Waals surface area contributed by atoms with Gasteiger partial charge in [0.05, 0.1) is 12.2 Å². The van der Waals surface area contributed by atoms with E-state index in [2.05, 4.69) is 40.7 Å². The van der Waals surface area contributed by atoms with Crippen LogP contribution >= 0.6 is 0 Å². The van der Waals surface area contributed by atoms with Crippen molar-refractivity contribution >= 4 is 5.78 Å². The van der Waals surface area contributed by atoms with Gasteiger partial charge in [0.2, 0.25) is 0 Å². The lowest BCUT2D eigenvalue weighted by Gasteiger charge is -2.33. The molecule has 0 radical (unpaired) electrons. The van der Waals surface area contributed by atoms with Gasteiger partial charge in [0, 0.05) is 0 Å². The van der Waals surface area contributed by atoms with Crippen LogP contribution in [-0.4, -0.2) is 12.4 Å². The van der Waals surface area contributed by atoms with Gasteiger partial charge in [-0.1, -0.05) is 40.7 Å². The van der Waals surface area contributed by atoms with E-state index in [4.69, 9.17) is 4.74 Å². The fraction of sp³-hybridized carbons (Fsp3) is 0.611. The summed E-state index contributed by atoms with van der Waals surface area (Å²) in [4.78, 5) is 11.8. The van der Waals surface area contributed by atoms with E-state index in [9.17, 15) is 4.79 Å². The summed E-state index contributed by atoms with van der Waals surface area (Å²) in [5.74, 6) is 0.747. The Morgan fingerprint density at radius 1 is 1.15 bits per heavy atom. The van der Waals surface area contributed by atoms with Gasteiger partial charge < -0.3 is 4.74 Å². The van der Waals surface area contributed by atoms with Crippen molar-refractivity contribution in [1.29, 1.82) is 0 Å². The zero-order valence-electron chi connectivity index (χ0n) is 14.0. The van der Waals surface area contributed by atoms with Crippen molar-refractivity contribution in [3.8, 4) is 5.75 Å². The average Bonchev–Trinajstić information content (AvgIpc) is 2.26. The van der Waals surface area contributed by atoms with E-state index >= 15 is 0 Å². The number of Topliss-reactive ketones (excluding diaryl/α,β-unsaturated/α-hetero) is 1. The minimum Gasteiger partial charge on any atom is -0.493 e. The molecular weight excluding hydrogens is 248 g/mol. The first-order chi connectivity index (χ1) is 9.07. The van der Waals surface area contributed by atoms with Crippen LogP contribution in [0.25, 0.3) is 0 Å². The zero-order chi connectivity index (χ0) is 15.6. The molecular formula is C18H28O2. The Kier molecular flexibility index (Phi) is 5.01. The Bertz CT molecular complexity index is 479. The standard InChI is InChI=1S/C18H28O2/c1-8-20-16-10-9-14(11-15(16)13(2)19)18(6,7)12-17(3,4)5/h9-11H,8,12H2,1-7H3. The Labute approximate surface area is 123 Å². The molecule has 2 nitrogen and oxygen atoms in total. The molecule has 0 atom stereocenters. The molecule has 0 heterocycles. The van der Waals surface area contributed by atoms with Crippen LogP contribution in [-0.2, 0) is 5.41 Å². The predicted octanol–water partition coefficient (Wildman–Crippen LogP) is 5.00. The molecule has 0 N–H and O–H groups in total. The number of ketones is 1. The van der Waals surface area contributed by atoms with Gasteiger partial charge >= 0.3 is 0 Å². The largest absolute Gasteiger partial charge is 0.493 e. The van der Waals surface area contributed by atoms with Crippen LogP contribution in [0.1, 0.15) is 70.8 Å². The molecule has 0 amide bonds. The molecule has 0 unspecified atom stereocenters. The fourth-order valence-electron chi connectivity index (χ4n) is 2.94. The zero-order valence-corrected chi connectivity index (χ0v) is 14.0. The molecule has 20 heavy (non-hydrogen) atoms. The molecule has 0 aliphatic carbocycles. The van der Waals surface area contributed by atoms with E-state index in [1.165, 1.54) is 5.56 Å². The van der Waals surface area contributed by atoms with Crippen LogP contribution < -0.4 is 4.74 Å². The highest BCUT2D eigenvalue weighted by molar-refractivity contribution is 5.97. The van der Waals surface area contributed by atoms with Crippen LogP contribution in [0, 0.1) is 5.41 Å². The van der Waals surface area contributed by atoms with Gasteiger partial charge in [-0.25, -0.2) is 0 Å². The number of benzene rings is 1. The van der Waals surface area contributed by atoms with Crippen molar-refractivity contribution in [2.24, 2.45) is 5.41 Å². The van der Waals surface area contributed by atoms with Gasteiger partial charge in [0.1, 0.15) is 5.75 Å². The van der Waals surface area contributed by atoms with Crippen molar-refractivity contribution in [3.63, 3.8) is 0 Å². The lowest BCUT2D eigenvalue weighted by molar-refractivity contribution is 0.101. The highest BCUT2D eigenvalue weighted by atomic mass is 16.5. The van der Waals surface area contributed by atoms with E-state index in [1.54, 1.807) is 6.92 Å². The van der Waals surface area contributed by atoms with Gasteiger partial charge in [-0.05, 0) is 48.8 Å². The van der Waals surface area contributed by atoms with Crippen LogP contribution in [0.4, 0.5) is 0 Å². The maximum Gasteiger partial charge on any atom is 0.163 e. The molecule has 2 heteroatoms. The van der Waals surface area contributed by atoms with E-state index in [1.807, 2.05) is 19.1 Å². The molecule has 0 bridgehead atoms. The maximum atomic E-state index is 11.8. The minimum atomic E-state index is 0.0349. The summed E-state index contributed by atoms with van der Waals surface area (Å²) in [5, 5.41) is 0. The smallest absolute Gasteiger partial charge is 0.163 e. The molecule has 1 aromatic carbocycles. The van der Waals surface area contributed by atoms with Gasteiger partial charge in [-0.3, -0.25) is 4.79 Å². The molecule has 0 fully saturated rings. The van der Waals surface area contributed by atoms with Crippen molar-refractivity contribution in [2.45, 2.75) is 60.3 Å². The van der Waals surface area contributed by atoms with E-state index in [0.29, 0.717) is 17.9 Å². The first kappa shape index (κ1) is 16.7. The van der Waals surface area contributed by atoms with Crippen molar-refractivity contribution < 1.29 is 9.53 Å². The van der Waals surface area contributed by atoms with Crippen LogP contribution in [0.3, 0.4) is 0 Å². The molecule has 0 spiro atoms. The second-order valence-corrected chi connectivity index (χ2v) is 7.32. The number of rotatable bonds is 5. The second kappa shape index (κ2) is 5.99. The van der Waals surface area contributed by atoms with Crippen molar-refractivity contribution in [1.82, 2.24) is 0 Å². The van der Waals surface area contributed by atoms with Crippen LogP contribution in [0.15, 0.2) is 18.2 Å². The van der Waals surface area contributed by atoms with Crippen LogP contribution in [0.5, 0.6) is 5.75 Å². The molecule has 0 aliphatic rings. The number of ether oxygens (including phenoxy) is 1. The third-order valence-electron chi connectivity index (χ3n) is 3.41. The maximum absolute atomic E-state index is 11.8. The summed E-state index contributed by atoms with van der Waals surface area (Å²) in [6, 6.07) is 6.02. The highest BCUT2D eigenvalue weighted by Crippen LogP contribution is 2.37. The summed E-state index contributed by atoms with van der Waals surface area (Å²) in [5.41, 5.74) is 2.17. The SMILES string of the molecule is CCOc1ccc(C(C)(C)CC(C)(C)C)cc1C(C)=O. The Balaban J connectivity index is 3.20. The highest BCUT2D eigenvalue weighted by Gasteiger charge is 2.28. The Morgan fingerprint density at radius 3 is 2.20 bits per heavy atom. The third kappa shape index (κ3) is 4.36. The molecule has 1 rings (SSSR count). The number of hydrogen-bond donors (Lipinski definition) is 0. The van der Waals surface area contributed by atoms with Crippen molar-refractivity contribution in [2.75, 3.05) is 6.61 Å². The number of carbonyl (C=O) groups is 1. The lowest BCUT2D eigenvalue weighted by atomic mass is 9.72. The molecule has 0 saturated heterocycles. The molecule has 0 saturated carbocycles. The first-order valence-electron chi connectivity index (χ1n) is 7.35. The summed E-state index contributed by atoms with van der Waals surface area (Å²) < 4.78 is 5.55. The fourth-order valence-corrected chi connectivity index (χ4v) is 2.94. The predicted molar refractivity (Wildman–Crippen MR) is 84.7 cm³/mol. The number of carbonyl (C=O) groups excluding carboxylic acids is 1. The third-order valence-corrected chi connectivity index (χ3v) is 3.41. The summed E-state index contributed by atoms with van der Waals surface area (Å²) >= 11 is 0.